The third kappa shape index (κ3) is 13.8. The molecule has 480 valence electrons. The Morgan fingerprint density at radius 2 is 0.796 bits per heavy atom. The molecular weight excluding hydrogens is 1200 g/mol. The average Bonchev–Trinajstić information content (AvgIpc) is 0.809. The minimum Gasteiger partial charge on any atom is -0.496 e. The lowest BCUT2D eigenvalue weighted by molar-refractivity contribution is -0.116. The third-order valence-electron chi connectivity index (χ3n) is 16.9. The highest BCUT2D eigenvalue weighted by molar-refractivity contribution is 7.80. The molecular formula is C74H74N4O14S. The third-order valence-corrected chi connectivity index (χ3v) is 17.1. The van der Waals surface area contributed by atoms with E-state index in [0.717, 1.165) is 101 Å². The van der Waals surface area contributed by atoms with Crippen molar-refractivity contribution in [3.8, 4) is 63.2 Å². The predicted octanol–water partition coefficient (Wildman–Crippen LogP) is 15.0. The highest BCUT2D eigenvalue weighted by Gasteiger charge is 2.33. The van der Waals surface area contributed by atoms with Crippen LogP contribution in [0.4, 0.5) is 21.0 Å². The van der Waals surface area contributed by atoms with E-state index in [-0.39, 0.29) is 29.8 Å². The Hall–Kier alpha value is -10.7. The normalized spacial score (nSPS) is 16.3. The Bertz CT molecular complexity index is 4060. The Labute approximate surface area is 546 Å². The van der Waals surface area contributed by atoms with Crippen LogP contribution < -0.4 is 73.4 Å². The summed E-state index contributed by atoms with van der Waals surface area (Å²) >= 11 is 5.43. The Morgan fingerprint density at radius 1 is 0.398 bits per heavy atom. The predicted molar refractivity (Wildman–Crippen MR) is 362 cm³/mol. The number of benzene rings is 9. The first-order chi connectivity index (χ1) is 45.1. The molecule has 4 atom stereocenters. The van der Waals surface area contributed by atoms with E-state index >= 15 is 0 Å². The van der Waals surface area contributed by atoms with Crippen LogP contribution in [0.1, 0.15) is 98.0 Å². The molecule has 0 aliphatic carbocycles. The molecule has 4 aliphatic heterocycles. The van der Waals surface area contributed by atoms with E-state index in [4.69, 9.17) is 64.3 Å². The number of nitrogens with one attached hydrogen (secondary N) is 4. The fourth-order valence-electron chi connectivity index (χ4n) is 12.2. The molecule has 0 spiro atoms. The van der Waals surface area contributed by atoms with Crippen LogP contribution in [0.5, 0.6) is 63.2 Å². The van der Waals surface area contributed by atoms with Gasteiger partial charge in [0.2, 0.25) is 11.7 Å². The molecule has 0 radical (unpaired) electrons. The van der Waals surface area contributed by atoms with E-state index in [1.807, 2.05) is 142 Å². The summed E-state index contributed by atoms with van der Waals surface area (Å²) in [7, 11) is 14.6. The van der Waals surface area contributed by atoms with Crippen LogP contribution in [0.25, 0.3) is 10.8 Å². The van der Waals surface area contributed by atoms with Gasteiger partial charge in [-0.25, -0.2) is 9.59 Å². The van der Waals surface area contributed by atoms with Crippen LogP contribution in [0.3, 0.4) is 0 Å². The Morgan fingerprint density at radius 3 is 1.30 bits per heavy atom. The lowest BCUT2D eigenvalue weighted by atomic mass is 9.84. The van der Waals surface area contributed by atoms with Gasteiger partial charge in [0.15, 0.2) is 11.5 Å². The molecule has 4 aliphatic rings. The molecule has 0 saturated carbocycles. The maximum atomic E-state index is 12.1. The van der Waals surface area contributed by atoms with Gasteiger partial charge < -0.3 is 73.4 Å². The van der Waals surface area contributed by atoms with E-state index in [2.05, 4.69) is 51.6 Å². The molecule has 4 N–H and O–H groups in total. The van der Waals surface area contributed by atoms with Crippen LogP contribution in [-0.4, -0.2) is 87.1 Å². The number of carbonyl (C=O) groups excluding carboxylic acids is 3. The largest absolute Gasteiger partial charge is 0.496 e. The Kier molecular flexibility index (Phi) is 20.4. The number of rotatable bonds is 13. The molecule has 9 aromatic carbocycles. The van der Waals surface area contributed by atoms with E-state index < -0.39 is 12.2 Å². The number of methoxy groups -OCH3 is 9. The first-order valence-electron chi connectivity index (χ1n) is 29.9. The lowest BCUT2D eigenvalue weighted by Gasteiger charge is -2.28. The molecule has 0 aromatic heterocycles. The van der Waals surface area contributed by atoms with E-state index in [1.54, 1.807) is 70.1 Å². The van der Waals surface area contributed by atoms with Crippen molar-refractivity contribution in [3.63, 3.8) is 0 Å². The topological polar surface area (TPSA) is 201 Å². The summed E-state index contributed by atoms with van der Waals surface area (Å²) in [6.07, 6.45) is 0.232. The van der Waals surface area contributed by atoms with E-state index in [9.17, 15) is 14.4 Å². The molecule has 19 heteroatoms. The van der Waals surface area contributed by atoms with Gasteiger partial charge in [-0.05, 0) is 138 Å². The van der Waals surface area contributed by atoms with Gasteiger partial charge in [0, 0.05) is 63.9 Å². The first-order valence-corrected chi connectivity index (χ1v) is 30.3. The van der Waals surface area contributed by atoms with Gasteiger partial charge in [-0.3, -0.25) is 4.79 Å². The minimum atomic E-state index is -0.476. The second-order valence-electron chi connectivity index (χ2n) is 22.1. The number of thiocarbonyl (C=S) groups is 1. The van der Waals surface area contributed by atoms with Crippen LogP contribution in [-0.2, 0) is 4.79 Å². The van der Waals surface area contributed by atoms with Crippen molar-refractivity contribution < 1.29 is 66.5 Å². The molecule has 18 nitrogen and oxygen atoms in total. The van der Waals surface area contributed by atoms with Crippen LogP contribution in [0.15, 0.2) is 158 Å². The maximum Gasteiger partial charge on any atom is 0.413 e. The molecule has 9 aromatic rings. The maximum absolute atomic E-state index is 12.1. The van der Waals surface area contributed by atoms with Crippen LogP contribution in [0.2, 0.25) is 0 Å². The molecule has 0 bridgehead atoms. The summed E-state index contributed by atoms with van der Waals surface area (Å²) in [6.45, 7) is 5.87. The van der Waals surface area contributed by atoms with E-state index in [1.165, 1.54) is 5.56 Å². The SMILES string of the molecule is COc1cc(C2CC(=O)Nc3ccccc32)cc(OC)c1OC.COc1cc(C2CC(=S)Nc3ccccc32)cc(OC)c1C.COc1cc(C2NC(=O)Oc3ccc4ccccc4c32)cc(OC)c1C.COc1cc(C2NC(=O)Oc3ccccc32)cc(OC)c1C. The molecule has 0 fully saturated rings. The van der Waals surface area contributed by atoms with Crippen LogP contribution in [0, 0.1) is 20.8 Å². The number of para-hydroxylation sites is 3. The van der Waals surface area contributed by atoms with Crippen molar-refractivity contribution in [2.24, 2.45) is 0 Å². The summed E-state index contributed by atoms with van der Waals surface area (Å²) in [5.74, 6) is 7.56. The van der Waals surface area contributed by atoms with Crippen molar-refractivity contribution in [2.45, 2.75) is 57.5 Å². The quantitative estimate of drug-likeness (QED) is 0.0794. The molecule has 93 heavy (non-hydrogen) atoms. The summed E-state index contributed by atoms with van der Waals surface area (Å²) in [4.78, 5) is 36.8. The fourth-order valence-corrected chi connectivity index (χ4v) is 12.5. The Balaban J connectivity index is 0.000000136. The van der Waals surface area contributed by atoms with Crippen molar-refractivity contribution in [1.29, 1.82) is 0 Å². The number of hydrogen-bond donors (Lipinski definition) is 4. The van der Waals surface area contributed by atoms with Gasteiger partial charge in [0.05, 0.1) is 81.1 Å². The summed E-state index contributed by atoms with van der Waals surface area (Å²) in [5, 5.41) is 14.1. The van der Waals surface area contributed by atoms with Crippen molar-refractivity contribution in [1.82, 2.24) is 10.6 Å². The standard InChI is InChI=1S/C21H19NO4.C18H19NO4.C18H19NO2S.C17H17NO4/c1-12-17(24-2)10-14(11-18(12)25-3)20-19-15-7-5-4-6-13(15)8-9-16(19)26-21(23)22-20;1-21-15-8-11(9-16(22-2)18(15)23-3)13-10-17(20)19-14-7-5-4-6-12(13)14;1-11-16(20-2)8-12(9-17(11)21-3)14-10-18(22)19-15-7-5-4-6-13(14)15;1-10-14(20-2)8-11(9-15(10)21-3)16-12-6-4-5-7-13(12)22-17(19)18-16/h4-11,20H,1-3H3,(H,22,23);4-9,13H,10H2,1-3H3,(H,19,20);4-9,14H,10H2,1-3H3,(H,19,22);4-9,16H,1-3H3,(H,18,19). The highest BCUT2D eigenvalue weighted by atomic mass is 32.1. The zero-order valence-corrected chi connectivity index (χ0v) is 54.7. The monoisotopic (exact) mass is 1270 g/mol. The van der Waals surface area contributed by atoms with Crippen LogP contribution >= 0.6 is 12.2 Å². The van der Waals surface area contributed by atoms with Gasteiger partial charge in [-0.2, -0.15) is 0 Å². The average molecular weight is 1280 g/mol. The summed E-state index contributed by atoms with van der Waals surface area (Å²) in [5.41, 5.74) is 12.8. The zero-order chi connectivity index (χ0) is 66.0. The van der Waals surface area contributed by atoms with Crippen molar-refractivity contribution >= 4 is 57.4 Å². The number of ether oxygens (including phenoxy) is 11. The smallest absolute Gasteiger partial charge is 0.413 e. The number of hydrogen-bond acceptors (Lipinski definition) is 15. The fraction of sp³-hybridized carbons (Fsp3) is 0.243. The molecule has 13 rings (SSSR count). The second-order valence-corrected chi connectivity index (χ2v) is 22.6. The molecule has 3 amide bonds. The van der Waals surface area contributed by atoms with Gasteiger partial charge in [-0.15, -0.1) is 0 Å². The number of carbonyl (C=O) groups is 3. The lowest BCUT2D eigenvalue weighted by Crippen LogP contribution is -2.36. The summed E-state index contributed by atoms with van der Waals surface area (Å²) < 4.78 is 59.6. The number of amides is 3. The van der Waals surface area contributed by atoms with Crippen molar-refractivity contribution in [3.05, 3.63) is 219 Å². The zero-order valence-electron chi connectivity index (χ0n) is 53.9. The number of anilines is 2. The highest BCUT2D eigenvalue weighted by Crippen LogP contribution is 2.47. The van der Waals surface area contributed by atoms with E-state index in [0.29, 0.717) is 58.2 Å². The molecule has 4 heterocycles. The minimum absolute atomic E-state index is 0.00227. The first kappa shape index (κ1) is 65.3. The van der Waals surface area contributed by atoms with Gasteiger partial charge in [0.25, 0.3) is 0 Å². The second kappa shape index (κ2) is 29.1. The summed E-state index contributed by atoms with van der Waals surface area (Å²) in [6, 6.07) is 50.4. The number of fused-ring (bicyclic) bond motifs is 6. The molecule has 4 unspecified atom stereocenters. The molecule has 0 saturated heterocycles. The van der Waals surface area contributed by atoms with Gasteiger partial charge >= 0.3 is 12.2 Å². The van der Waals surface area contributed by atoms with Gasteiger partial charge in [-0.1, -0.05) is 97.1 Å². The van der Waals surface area contributed by atoms with Crippen molar-refractivity contribution in [2.75, 3.05) is 74.6 Å². The van der Waals surface area contributed by atoms with Gasteiger partial charge in [0.1, 0.15) is 46.0 Å².